The first-order chi connectivity index (χ1) is 8.93. The maximum absolute atomic E-state index is 3.63. The summed E-state index contributed by atoms with van der Waals surface area (Å²) in [5.41, 5.74) is 3.02. The van der Waals surface area contributed by atoms with Crippen LogP contribution in [0.15, 0.2) is 24.3 Å². The Kier molecular flexibility index (Phi) is 3.93. The van der Waals surface area contributed by atoms with E-state index in [4.69, 9.17) is 0 Å². The third-order valence-corrected chi connectivity index (χ3v) is 4.15. The lowest BCUT2D eigenvalue weighted by Crippen LogP contribution is -2.43. The Labute approximate surface area is 110 Å². The van der Waals surface area contributed by atoms with Crippen molar-refractivity contribution in [3.63, 3.8) is 0 Å². The number of piperazine rings is 1. The smallest absolute Gasteiger partial charge is 0.0326 e. The van der Waals surface area contributed by atoms with Gasteiger partial charge in [0, 0.05) is 38.8 Å². The van der Waals surface area contributed by atoms with Crippen molar-refractivity contribution < 1.29 is 0 Å². The van der Waals surface area contributed by atoms with Crippen LogP contribution in [0, 0.1) is 0 Å². The summed E-state index contributed by atoms with van der Waals surface area (Å²) in [4.78, 5) is 2.58. The lowest BCUT2D eigenvalue weighted by molar-refractivity contribution is 0.233. The Bertz CT molecular complexity index is 385. The van der Waals surface area contributed by atoms with E-state index in [0.29, 0.717) is 6.04 Å². The molecular formula is C15H23N3. The third-order valence-electron chi connectivity index (χ3n) is 4.15. The second-order valence-electron chi connectivity index (χ2n) is 5.37. The van der Waals surface area contributed by atoms with Gasteiger partial charge in [-0.15, -0.1) is 0 Å². The Morgan fingerprint density at radius 3 is 2.89 bits per heavy atom. The molecule has 0 aromatic heterocycles. The predicted molar refractivity (Wildman–Crippen MR) is 74.6 cm³/mol. The molecule has 2 aliphatic rings. The van der Waals surface area contributed by atoms with Crippen LogP contribution in [0.1, 0.15) is 30.0 Å². The zero-order valence-corrected chi connectivity index (χ0v) is 11.0. The van der Waals surface area contributed by atoms with Crippen LogP contribution in [0.5, 0.6) is 0 Å². The molecule has 0 saturated carbocycles. The van der Waals surface area contributed by atoms with Gasteiger partial charge in [0.15, 0.2) is 0 Å². The molecule has 1 aromatic rings. The highest BCUT2D eigenvalue weighted by Crippen LogP contribution is 2.28. The summed E-state index contributed by atoms with van der Waals surface area (Å²) >= 11 is 0. The van der Waals surface area contributed by atoms with Gasteiger partial charge in [0.25, 0.3) is 0 Å². The minimum atomic E-state index is 0.587. The van der Waals surface area contributed by atoms with Crippen LogP contribution in [-0.2, 0) is 6.54 Å². The Balaban J connectivity index is 1.47. The van der Waals surface area contributed by atoms with Crippen LogP contribution < -0.4 is 10.6 Å². The van der Waals surface area contributed by atoms with E-state index in [9.17, 15) is 0 Å². The second-order valence-corrected chi connectivity index (χ2v) is 5.37. The van der Waals surface area contributed by atoms with Gasteiger partial charge in [-0.25, -0.2) is 0 Å². The van der Waals surface area contributed by atoms with Gasteiger partial charge >= 0.3 is 0 Å². The highest BCUT2D eigenvalue weighted by Gasteiger charge is 2.20. The average molecular weight is 245 g/mol. The fourth-order valence-electron chi connectivity index (χ4n) is 3.09. The largest absolute Gasteiger partial charge is 0.314 e. The van der Waals surface area contributed by atoms with Gasteiger partial charge in [-0.05, 0) is 30.5 Å². The molecule has 1 unspecified atom stereocenters. The average Bonchev–Trinajstić information content (AvgIpc) is 2.84. The number of nitrogens with zero attached hydrogens (tertiary/aromatic N) is 1. The molecule has 3 rings (SSSR count). The topological polar surface area (TPSA) is 27.3 Å². The maximum Gasteiger partial charge on any atom is 0.0326 e. The number of hydrogen-bond acceptors (Lipinski definition) is 3. The molecule has 0 aliphatic carbocycles. The molecule has 18 heavy (non-hydrogen) atoms. The summed E-state index contributed by atoms with van der Waals surface area (Å²) in [7, 11) is 0. The fourth-order valence-corrected chi connectivity index (χ4v) is 3.09. The van der Waals surface area contributed by atoms with Crippen molar-refractivity contribution in [2.75, 3.05) is 32.7 Å². The van der Waals surface area contributed by atoms with Crippen molar-refractivity contribution >= 4 is 0 Å². The van der Waals surface area contributed by atoms with Gasteiger partial charge in [-0.2, -0.15) is 0 Å². The Morgan fingerprint density at radius 1 is 1.17 bits per heavy atom. The minimum Gasteiger partial charge on any atom is -0.314 e. The van der Waals surface area contributed by atoms with Crippen LogP contribution >= 0.6 is 0 Å². The monoisotopic (exact) mass is 245 g/mol. The van der Waals surface area contributed by atoms with Crippen LogP contribution in [0.25, 0.3) is 0 Å². The van der Waals surface area contributed by atoms with Crippen LogP contribution in [0.4, 0.5) is 0 Å². The SMILES string of the molecule is c1ccc2c(c1)CNC2CCCN1CCNCC1. The molecule has 0 bridgehead atoms. The highest BCUT2D eigenvalue weighted by atomic mass is 15.2. The molecule has 0 spiro atoms. The number of nitrogens with one attached hydrogen (secondary N) is 2. The highest BCUT2D eigenvalue weighted by molar-refractivity contribution is 5.33. The lowest BCUT2D eigenvalue weighted by Gasteiger charge is -2.27. The molecule has 0 amide bonds. The summed E-state index contributed by atoms with van der Waals surface area (Å²) in [6.45, 7) is 7.05. The molecule has 98 valence electrons. The van der Waals surface area contributed by atoms with Crippen molar-refractivity contribution in [2.24, 2.45) is 0 Å². The second kappa shape index (κ2) is 5.83. The Morgan fingerprint density at radius 2 is 2.00 bits per heavy atom. The van der Waals surface area contributed by atoms with Crippen LogP contribution in [0.3, 0.4) is 0 Å². The minimum absolute atomic E-state index is 0.587. The van der Waals surface area contributed by atoms with Crippen LogP contribution in [0.2, 0.25) is 0 Å². The van der Waals surface area contributed by atoms with Gasteiger partial charge < -0.3 is 15.5 Å². The van der Waals surface area contributed by atoms with E-state index < -0.39 is 0 Å². The molecule has 1 fully saturated rings. The quantitative estimate of drug-likeness (QED) is 0.842. The standard InChI is InChI=1S/C15H23N3/c1-2-5-14-13(4-1)12-17-15(14)6-3-9-18-10-7-16-8-11-18/h1-2,4-5,15-17H,3,6-12H2. The van der Waals surface area contributed by atoms with Crippen molar-refractivity contribution in [1.29, 1.82) is 0 Å². The van der Waals surface area contributed by atoms with Gasteiger partial charge in [0.2, 0.25) is 0 Å². The maximum atomic E-state index is 3.63. The van der Waals surface area contributed by atoms with E-state index >= 15 is 0 Å². The molecule has 2 N–H and O–H groups in total. The number of rotatable bonds is 4. The van der Waals surface area contributed by atoms with Gasteiger partial charge in [0.05, 0.1) is 0 Å². The van der Waals surface area contributed by atoms with Crippen molar-refractivity contribution in [3.8, 4) is 0 Å². The summed E-state index contributed by atoms with van der Waals surface area (Å²) in [6, 6.07) is 9.42. The van der Waals surface area contributed by atoms with Gasteiger partial charge in [-0.1, -0.05) is 24.3 Å². The Hall–Kier alpha value is -0.900. The summed E-state index contributed by atoms with van der Waals surface area (Å²) in [5, 5.41) is 7.03. The van der Waals surface area contributed by atoms with E-state index in [1.165, 1.54) is 43.6 Å². The van der Waals surface area contributed by atoms with E-state index in [0.717, 1.165) is 19.6 Å². The van der Waals surface area contributed by atoms with Crippen molar-refractivity contribution in [1.82, 2.24) is 15.5 Å². The molecule has 3 heteroatoms. The summed E-state index contributed by atoms with van der Waals surface area (Å²) in [5.74, 6) is 0. The first-order valence-electron chi connectivity index (χ1n) is 7.18. The van der Waals surface area contributed by atoms with E-state index in [2.05, 4.69) is 39.8 Å². The molecule has 3 nitrogen and oxygen atoms in total. The third kappa shape index (κ3) is 2.74. The predicted octanol–water partition coefficient (Wildman–Crippen LogP) is 1.52. The van der Waals surface area contributed by atoms with Crippen LogP contribution in [-0.4, -0.2) is 37.6 Å². The number of hydrogen-bond donors (Lipinski definition) is 2. The fraction of sp³-hybridized carbons (Fsp3) is 0.600. The van der Waals surface area contributed by atoms with Gasteiger partial charge in [-0.3, -0.25) is 0 Å². The van der Waals surface area contributed by atoms with E-state index in [1.54, 1.807) is 0 Å². The van der Waals surface area contributed by atoms with E-state index in [-0.39, 0.29) is 0 Å². The number of benzene rings is 1. The molecule has 1 aromatic carbocycles. The zero-order chi connectivity index (χ0) is 12.2. The zero-order valence-electron chi connectivity index (χ0n) is 11.0. The molecule has 0 radical (unpaired) electrons. The molecule has 1 saturated heterocycles. The summed E-state index contributed by atoms with van der Waals surface area (Å²) < 4.78 is 0. The first kappa shape index (κ1) is 12.2. The summed E-state index contributed by atoms with van der Waals surface area (Å²) in [6.07, 6.45) is 2.56. The number of fused-ring (bicyclic) bond motifs is 1. The van der Waals surface area contributed by atoms with Gasteiger partial charge in [0.1, 0.15) is 0 Å². The first-order valence-corrected chi connectivity index (χ1v) is 7.18. The molecular weight excluding hydrogens is 222 g/mol. The van der Waals surface area contributed by atoms with E-state index in [1.807, 2.05) is 0 Å². The lowest BCUT2D eigenvalue weighted by atomic mass is 10.0. The molecule has 2 heterocycles. The van der Waals surface area contributed by atoms with Crippen molar-refractivity contribution in [3.05, 3.63) is 35.4 Å². The normalized spacial score (nSPS) is 24.1. The molecule has 2 aliphatic heterocycles. The molecule has 1 atom stereocenters. The van der Waals surface area contributed by atoms with Crippen molar-refractivity contribution in [2.45, 2.75) is 25.4 Å².